The van der Waals surface area contributed by atoms with Crippen LogP contribution in [0.3, 0.4) is 0 Å². The van der Waals surface area contributed by atoms with Crippen molar-refractivity contribution in [3.63, 3.8) is 0 Å². The van der Waals surface area contributed by atoms with E-state index in [0.717, 1.165) is 11.1 Å². The molecule has 0 spiro atoms. The van der Waals surface area contributed by atoms with Crippen molar-refractivity contribution in [3.8, 4) is 17.1 Å². The summed E-state index contributed by atoms with van der Waals surface area (Å²) in [6.45, 7) is 3.07. The van der Waals surface area contributed by atoms with E-state index in [1.165, 1.54) is 18.7 Å². The molecule has 25 heavy (non-hydrogen) atoms. The molecule has 0 N–H and O–H groups in total. The van der Waals surface area contributed by atoms with Crippen molar-refractivity contribution in [2.24, 2.45) is 0 Å². The van der Waals surface area contributed by atoms with Crippen molar-refractivity contribution in [3.05, 3.63) is 65.3 Å². The first-order valence-electron chi connectivity index (χ1n) is 7.96. The van der Waals surface area contributed by atoms with Crippen molar-refractivity contribution in [1.29, 1.82) is 0 Å². The van der Waals surface area contributed by atoms with Crippen molar-refractivity contribution in [2.75, 3.05) is 14.2 Å². The van der Waals surface area contributed by atoms with Gasteiger partial charge in [0.25, 0.3) is 0 Å². The van der Waals surface area contributed by atoms with E-state index in [9.17, 15) is 4.39 Å². The molecular weight excluding hydrogens is 321 g/mol. The second-order valence-electron chi connectivity index (χ2n) is 6.02. The number of hydrogen-bond donors (Lipinski definition) is 0. The number of halogens is 1. The minimum absolute atomic E-state index is 0.242. The molecule has 1 heterocycles. The van der Waals surface area contributed by atoms with Crippen LogP contribution in [0.4, 0.5) is 4.39 Å². The molecule has 6 heteroatoms. The number of methoxy groups -OCH3 is 1. The van der Waals surface area contributed by atoms with Crippen LogP contribution in [0.1, 0.15) is 17.0 Å². The molecule has 0 aliphatic carbocycles. The summed E-state index contributed by atoms with van der Waals surface area (Å²) in [5, 5.41) is 4.02. The molecule has 0 fully saturated rings. The first-order chi connectivity index (χ1) is 12.0. The Bertz CT molecular complexity index is 846. The molecule has 3 aromatic rings. The number of aryl methyl sites for hydroxylation is 1. The number of aromatic nitrogens is 2. The zero-order valence-electron chi connectivity index (χ0n) is 14.5. The first kappa shape index (κ1) is 17.1. The van der Waals surface area contributed by atoms with E-state index in [1.807, 2.05) is 49.2 Å². The van der Waals surface area contributed by atoms with Crippen LogP contribution in [0.5, 0.6) is 5.75 Å². The highest BCUT2D eigenvalue weighted by Gasteiger charge is 2.12. The molecule has 3 rings (SSSR count). The van der Waals surface area contributed by atoms with Crippen LogP contribution in [0.2, 0.25) is 0 Å². The Morgan fingerprint density at radius 2 is 1.88 bits per heavy atom. The maximum absolute atomic E-state index is 13.8. The normalized spacial score (nSPS) is 11.1. The van der Waals surface area contributed by atoms with Crippen molar-refractivity contribution in [2.45, 2.75) is 20.0 Å². The Balaban J connectivity index is 1.64. The highest BCUT2D eigenvalue weighted by molar-refractivity contribution is 5.54. The molecule has 0 atom stereocenters. The molecule has 130 valence electrons. The maximum Gasteiger partial charge on any atom is 0.241 e. The highest BCUT2D eigenvalue weighted by atomic mass is 19.1. The van der Waals surface area contributed by atoms with Gasteiger partial charge in [0, 0.05) is 12.1 Å². The summed E-state index contributed by atoms with van der Waals surface area (Å²) in [5.41, 5.74) is 2.94. The second kappa shape index (κ2) is 7.44. The van der Waals surface area contributed by atoms with Gasteiger partial charge < -0.3 is 9.26 Å². The number of ether oxygens (including phenoxy) is 1. The lowest BCUT2D eigenvalue weighted by Crippen LogP contribution is -2.17. The van der Waals surface area contributed by atoms with Crippen molar-refractivity contribution in [1.82, 2.24) is 15.0 Å². The average Bonchev–Trinajstić information content (AvgIpc) is 3.04. The van der Waals surface area contributed by atoms with Gasteiger partial charge in [0.05, 0.1) is 13.7 Å². The van der Waals surface area contributed by atoms with Crippen LogP contribution in [0.15, 0.2) is 47.0 Å². The van der Waals surface area contributed by atoms with E-state index < -0.39 is 0 Å². The number of nitrogens with zero attached hydrogens (tertiary/aromatic N) is 3. The molecule has 0 amide bonds. The standard InChI is InChI=1S/C19H20FN3O2/c1-13-4-7-15(8-5-13)19-21-18(25-22-19)12-23(2)11-14-6-9-17(24-3)16(20)10-14/h4-10H,11-12H2,1-3H3. The fourth-order valence-corrected chi connectivity index (χ4v) is 2.55. The predicted octanol–water partition coefficient (Wildman–Crippen LogP) is 3.82. The summed E-state index contributed by atoms with van der Waals surface area (Å²) < 4.78 is 24.0. The second-order valence-corrected chi connectivity index (χ2v) is 6.02. The van der Waals surface area contributed by atoms with Gasteiger partial charge in [0.2, 0.25) is 11.7 Å². The molecule has 0 unspecified atom stereocenters. The molecule has 0 saturated heterocycles. The monoisotopic (exact) mass is 341 g/mol. The molecule has 5 nitrogen and oxygen atoms in total. The fraction of sp³-hybridized carbons (Fsp3) is 0.263. The summed E-state index contributed by atoms with van der Waals surface area (Å²) in [5.74, 6) is 0.963. The van der Waals surface area contributed by atoms with Crippen LogP contribution < -0.4 is 4.74 Å². The van der Waals surface area contributed by atoms with E-state index in [4.69, 9.17) is 9.26 Å². The minimum Gasteiger partial charge on any atom is -0.494 e. The molecule has 0 bridgehead atoms. The Morgan fingerprint density at radius 3 is 2.56 bits per heavy atom. The van der Waals surface area contributed by atoms with E-state index in [1.54, 1.807) is 6.07 Å². The lowest BCUT2D eigenvalue weighted by atomic mass is 10.1. The van der Waals surface area contributed by atoms with Gasteiger partial charge in [-0.2, -0.15) is 4.98 Å². The Hall–Kier alpha value is -2.73. The van der Waals surface area contributed by atoms with Crippen LogP contribution in [0.25, 0.3) is 11.4 Å². The third-order valence-corrected chi connectivity index (χ3v) is 3.85. The van der Waals surface area contributed by atoms with Crippen molar-refractivity contribution < 1.29 is 13.7 Å². The Kier molecular flexibility index (Phi) is 5.09. The molecule has 0 radical (unpaired) electrons. The van der Waals surface area contributed by atoms with Gasteiger partial charge in [-0.15, -0.1) is 0 Å². The van der Waals surface area contributed by atoms with Crippen LogP contribution in [-0.2, 0) is 13.1 Å². The molecule has 1 aromatic heterocycles. The summed E-state index contributed by atoms with van der Waals surface area (Å²) in [4.78, 5) is 6.40. The number of hydrogen-bond acceptors (Lipinski definition) is 5. The van der Waals surface area contributed by atoms with Gasteiger partial charge in [-0.1, -0.05) is 41.1 Å². The van der Waals surface area contributed by atoms with E-state index in [-0.39, 0.29) is 11.6 Å². The first-order valence-corrected chi connectivity index (χ1v) is 7.96. The molecule has 2 aromatic carbocycles. The zero-order valence-corrected chi connectivity index (χ0v) is 14.5. The Morgan fingerprint density at radius 1 is 1.12 bits per heavy atom. The summed E-state index contributed by atoms with van der Waals surface area (Å²) in [7, 11) is 3.36. The zero-order chi connectivity index (χ0) is 17.8. The highest BCUT2D eigenvalue weighted by Crippen LogP contribution is 2.20. The fourth-order valence-electron chi connectivity index (χ4n) is 2.55. The lowest BCUT2D eigenvalue weighted by Gasteiger charge is -2.14. The van der Waals surface area contributed by atoms with Crippen molar-refractivity contribution >= 4 is 0 Å². The maximum atomic E-state index is 13.8. The number of rotatable bonds is 6. The topological polar surface area (TPSA) is 51.4 Å². The van der Waals surface area contributed by atoms with Gasteiger partial charge in [-0.25, -0.2) is 4.39 Å². The third kappa shape index (κ3) is 4.22. The molecule has 0 aliphatic heterocycles. The third-order valence-electron chi connectivity index (χ3n) is 3.85. The lowest BCUT2D eigenvalue weighted by molar-refractivity contribution is 0.260. The minimum atomic E-state index is -0.368. The largest absolute Gasteiger partial charge is 0.494 e. The van der Waals surface area contributed by atoms with Crippen LogP contribution in [0, 0.1) is 12.7 Å². The summed E-state index contributed by atoms with van der Waals surface area (Å²) >= 11 is 0. The quantitative estimate of drug-likeness (QED) is 0.682. The van der Waals surface area contributed by atoms with Gasteiger partial charge >= 0.3 is 0 Å². The van der Waals surface area contributed by atoms with Gasteiger partial charge in [-0.3, -0.25) is 4.90 Å². The van der Waals surface area contributed by atoms with Crippen LogP contribution in [-0.4, -0.2) is 29.2 Å². The smallest absolute Gasteiger partial charge is 0.241 e. The van der Waals surface area contributed by atoms with Gasteiger partial charge in [0.1, 0.15) is 0 Å². The molecular formula is C19H20FN3O2. The van der Waals surface area contributed by atoms with Gasteiger partial charge in [-0.05, 0) is 31.7 Å². The molecule has 0 aliphatic rings. The van der Waals surface area contributed by atoms with E-state index >= 15 is 0 Å². The molecule has 0 saturated carbocycles. The predicted molar refractivity (Wildman–Crippen MR) is 92.6 cm³/mol. The van der Waals surface area contributed by atoms with Crippen LogP contribution >= 0.6 is 0 Å². The number of benzene rings is 2. The summed E-state index contributed by atoms with van der Waals surface area (Å²) in [6.07, 6.45) is 0. The van der Waals surface area contributed by atoms with E-state index in [2.05, 4.69) is 10.1 Å². The average molecular weight is 341 g/mol. The van der Waals surface area contributed by atoms with Gasteiger partial charge in [0.15, 0.2) is 11.6 Å². The SMILES string of the molecule is COc1ccc(CN(C)Cc2nc(-c3ccc(C)cc3)no2)cc1F. The summed E-state index contributed by atoms with van der Waals surface area (Å²) in [6, 6.07) is 12.9. The Labute approximate surface area is 146 Å². The van der Waals surface area contributed by atoms with E-state index in [0.29, 0.717) is 24.8 Å².